The molecule has 0 heterocycles. The third-order valence-corrected chi connectivity index (χ3v) is 0. The topological polar surface area (TPSA) is 448 Å². The van der Waals surface area contributed by atoms with Crippen molar-refractivity contribution in [3.05, 3.63) is 0 Å². The summed E-state index contributed by atoms with van der Waals surface area (Å²) >= 11 is 0. The van der Waals surface area contributed by atoms with Crippen LogP contribution in [-0.4, -0.2) is 105 Å². The molecular weight excluding hydrogens is 683 g/mol. The van der Waals surface area contributed by atoms with E-state index >= 15 is 0 Å². The van der Waals surface area contributed by atoms with Gasteiger partial charge in [0.15, 0.2) is 0 Å². The van der Waals surface area contributed by atoms with Crippen LogP contribution in [0.1, 0.15) is 0 Å². The Morgan fingerprint density at radius 1 is 0.226 bits per heavy atom. The summed E-state index contributed by atoms with van der Waals surface area (Å²) in [5, 5.41) is 0. The van der Waals surface area contributed by atoms with Gasteiger partial charge < -0.3 is 0 Å². The van der Waals surface area contributed by atoms with E-state index in [4.69, 9.17) is 105 Å². The Labute approximate surface area is 187 Å². The maximum absolute atomic E-state index is 8.74. The molecule has 12 N–H and O–H groups in total. The third-order valence-electron chi connectivity index (χ3n) is 0. The van der Waals surface area contributed by atoms with Gasteiger partial charge in [-0.15, -0.1) is 0 Å². The Morgan fingerprint density at radius 3 is 0.226 bits per heavy atom. The zero-order valence-corrected chi connectivity index (χ0v) is 19.5. The number of hydrogen-bond donors (Lipinski definition) is 12. The van der Waals surface area contributed by atoms with Crippen LogP contribution in [0.25, 0.3) is 0 Å². The fourth-order valence-electron chi connectivity index (χ4n) is 0. The second-order valence-electron chi connectivity index (χ2n) is 2.69. The predicted octanol–water partition coefficient (Wildman–Crippen LogP) is -3.92. The molecule has 0 aromatic rings. The van der Waals surface area contributed by atoms with Gasteiger partial charge >= 0.3 is 62.4 Å². The molecule has 0 radical (unpaired) electrons. The molecule has 24 nitrogen and oxygen atoms in total. The van der Waals surface area contributed by atoms with Gasteiger partial charge in [-0.25, -0.2) is 0 Å². The van der Waals surface area contributed by atoms with Gasteiger partial charge in [-0.3, -0.25) is 54.6 Å². The summed E-state index contributed by atoms with van der Waals surface area (Å²) in [5.74, 6) is 0. The van der Waals surface area contributed by atoms with E-state index in [1.165, 1.54) is 0 Å². The van der Waals surface area contributed by atoms with E-state index in [9.17, 15) is 0 Å². The van der Waals surface area contributed by atoms with Crippen molar-refractivity contribution in [2.45, 2.75) is 0 Å². The van der Waals surface area contributed by atoms with Gasteiger partial charge in [-0.1, -0.05) is 0 Å². The Morgan fingerprint density at radius 2 is 0.226 bits per heavy atom. The number of rotatable bonds is 0. The van der Waals surface area contributed by atoms with E-state index in [2.05, 4.69) is 0 Å². The zero-order chi connectivity index (χ0) is 27.0. The monoisotopic (exact) mass is 694 g/mol. The zero-order valence-electron chi connectivity index (χ0n) is 13.0. The van der Waals surface area contributed by atoms with E-state index in [-0.39, 0.29) is 20.4 Å². The molecule has 0 spiro atoms. The minimum Gasteiger partial charge on any atom is -0.264 e. The first kappa shape index (κ1) is 48.3. The van der Waals surface area contributed by atoms with Gasteiger partial charge in [0.05, 0.1) is 0 Å². The van der Waals surface area contributed by atoms with Crippen LogP contribution in [0, 0.1) is 0 Å². The Kier molecular flexibility index (Phi) is 30.2. The van der Waals surface area contributed by atoms with Crippen molar-refractivity contribution < 1.29 is 126 Å². The van der Waals surface area contributed by atoms with Crippen molar-refractivity contribution >= 4 is 62.4 Å². The smallest absolute Gasteiger partial charge is 0.264 e. The van der Waals surface area contributed by atoms with Crippen molar-refractivity contribution in [2.24, 2.45) is 0 Å². The van der Waals surface area contributed by atoms with Crippen molar-refractivity contribution in [1.29, 1.82) is 0 Å². The summed E-state index contributed by atoms with van der Waals surface area (Å²) in [6, 6.07) is 0. The van der Waals surface area contributed by atoms with Gasteiger partial charge in [0.25, 0.3) is 0 Å². The molecule has 0 fully saturated rings. The summed E-state index contributed by atoms with van der Waals surface area (Å²) < 4.78 is 190. The average molecular weight is 695 g/mol. The molecule has 0 aliphatic heterocycles. The molecule has 0 aromatic heterocycles. The van der Waals surface area contributed by atoms with Crippen LogP contribution < -0.4 is 0 Å². The first-order valence-electron chi connectivity index (χ1n) is 4.19. The van der Waals surface area contributed by atoms with Crippen LogP contribution in [0.4, 0.5) is 0 Å². The molecule has 202 valence electrons. The molecule has 0 atom stereocenters. The molecule has 0 bridgehead atoms. The maximum atomic E-state index is 8.74. The molecule has 0 saturated heterocycles. The van der Waals surface area contributed by atoms with Gasteiger partial charge in [0, 0.05) is 20.4 Å². The Hall–Kier alpha value is -0.118. The fourth-order valence-corrected chi connectivity index (χ4v) is 0. The van der Waals surface area contributed by atoms with Crippen LogP contribution in [0.15, 0.2) is 0 Å². The average Bonchev–Trinajstić information content (AvgIpc) is 1.94. The molecule has 31 heteroatoms. The first-order chi connectivity index (χ1) is 12.0. The molecule has 0 aromatic carbocycles. The van der Waals surface area contributed by atoms with E-state index in [0.29, 0.717) is 0 Å². The summed E-state index contributed by atoms with van der Waals surface area (Å²) in [4.78, 5) is 0. The molecule has 0 saturated carbocycles. The van der Waals surface area contributed by atoms with E-state index in [1.54, 1.807) is 0 Å². The minimum absolute atomic E-state index is 0. The van der Waals surface area contributed by atoms with Crippen molar-refractivity contribution in [3.8, 4) is 0 Å². The van der Waals surface area contributed by atoms with E-state index in [0.717, 1.165) is 0 Å². The second-order valence-corrected chi connectivity index (χ2v) is 8.06. The Balaban J connectivity index is -0.0000000443. The van der Waals surface area contributed by atoms with Gasteiger partial charge in [0.2, 0.25) is 0 Å². The van der Waals surface area contributed by atoms with Crippen LogP contribution in [-0.2, 0) is 82.8 Å². The molecule has 0 aliphatic rings. The van der Waals surface area contributed by atoms with Crippen molar-refractivity contribution in [1.82, 2.24) is 0 Å². The normalized spacial score (nSPS) is 11.2. The SMILES string of the molecule is O=S(=O)(O)O.O=S(=O)(O)O.O=S(=O)(O)O.O=S(=O)(O)O.O=S(=O)(O)O.O=S(=O)(O)O.[Pd]. The maximum Gasteiger partial charge on any atom is 0.394 e. The quantitative estimate of drug-likeness (QED) is 0.0850. The van der Waals surface area contributed by atoms with E-state index in [1.807, 2.05) is 0 Å². The molecule has 0 rings (SSSR count). The van der Waals surface area contributed by atoms with Crippen LogP contribution in [0.3, 0.4) is 0 Å². The second kappa shape index (κ2) is 19.4. The number of hydrogen-bond acceptors (Lipinski definition) is 12. The van der Waals surface area contributed by atoms with Crippen molar-refractivity contribution in [2.75, 3.05) is 0 Å². The van der Waals surface area contributed by atoms with Crippen LogP contribution in [0.5, 0.6) is 0 Å². The first-order valence-corrected chi connectivity index (χ1v) is 12.6. The molecule has 0 amide bonds. The van der Waals surface area contributed by atoms with Gasteiger partial charge in [0.1, 0.15) is 0 Å². The summed E-state index contributed by atoms with van der Waals surface area (Å²) in [7, 11) is -28.0. The summed E-state index contributed by atoms with van der Waals surface area (Å²) in [5.41, 5.74) is 0. The minimum atomic E-state index is -4.67. The summed E-state index contributed by atoms with van der Waals surface area (Å²) in [6.45, 7) is 0. The molecular formula is H12O24PdS6. The van der Waals surface area contributed by atoms with Crippen LogP contribution >= 0.6 is 0 Å². The molecule has 0 unspecified atom stereocenters. The predicted molar refractivity (Wildman–Crippen MR) is 85.1 cm³/mol. The third kappa shape index (κ3) is 1680000. The van der Waals surface area contributed by atoms with Crippen molar-refractivity contribution in [3.63, 3.8) is 0 Å². The van der Waals surface area contributed by atoms with Gasteiger partial charge in [-0.2, -0.15) is 50.5 Å². The fraction of sp³-hybridized carbons (Fsp3) is 0. The van der Waals surface area contributed by atoms with Gasteiger partial charge in [-0.05, 0) is 0 Å². The Bertz CT molecular complexity index is 760. The molecule has 31 heavy (non-hydrogen) atoms. The van der Waals surface area contributed by atoms with Crippen LogP contribution in [0.2, 0.25) is 0 Å². The summed E-state index contributed by atoms with van der Waals surface area (Å²) in [6.07, 6.45) is 0. The largest absolute Gasteiger partial charge is 0.394 e. The standard InChI is InChI=1S/6H2O4S.Pd/c6*1-5(2,3)4;/h6*(H2,1,2,3,4);. The molecule has 0 aliphatic carbocycles. The van der Waals surface area contributed by atoms with E-state index < -0.39 is 62.4 Å².